The van der Waals surface area contributed by atoms with E-state index in [1.54, 1.807) is 6.07 Å². The van der Waals surface area contributed by atoms with Crippen LogP contribution >= 0.6 is 11.3 Å². The molecule has 1 aliphatic rings. The summed E-state index contributed by atoms with van der Waals surface area (Å²) in [4.78, 5) is 29.5. The quantitative estimate of drug-likeness (QED) is 0.447. The molecule has 0 aliphatic carbocycles. The molecule has 0 bridgehead atoms. The average Bonchev–Trinajstić information content (AvgIpc) is 3.45. The number of carbonyl (C=O) groups is 2. The van der Waals surface area contributed by atoms with Crippen LogP contribution in [0.15, 0.2) is 52.4 Å². The van der Waals surface area contributed by atoms with Gasteiger partial charge >= 0.3 is 0 Å². The maximum Gasteiger partial charge on any atom is 0.266 e. The zero-order valence-electron chi connectivity index (χ0n) is 19.9. The molecule has 1 saturated heterocycles. The smallest absolute Gasteiger partial charge is 0.266 e. The molecule has 2 heterocycles. The van der Waals surface area contributed by atoms with Gasteiger partial charge in [-0.3, -0.25) is 9.59 Å². The fraction of sp³-hybridized carbons (Fsp3) is 0.375. The molecule has 192 valence electrons. The number of aromatic nitrogens is 1. The summed E-state index contributed by atoms with van der Waals surface area (Å²) in [6.45, 7) is 4.89. The zero-order valence-corrected chi connectivity index (χ0v) is 21.6. The SMILES string of the molecule is CCOCCn1c(=NC(=O)C2CCCN2S(=O)(=O)c2ccc(F)cc2)sc2cc(NC(C)=O)ccc21. The van der Waals surface area contributed by atoms with Crippen LogP contribution in [0.1, 0.15) is 26.7 Å². The van der Waals surface area contributed by atoms with E-state index in [1.165, 1.54) is 30.4 Å². The second-order valence-electron chi connectivity index (χ2n) is 8.27. The molecule has 2 aromatic carbocycles. The zero-order chi connectivity index (χ0) is 25.9. The van der Waals surface area contributed by atoms with Crippen LogP contribution < -0.4 is 10.1 Å². The minimum atomic E-state index is -3.99. The average molecular weight is 535 g/mol. The Hall–Kier alpha value is -2.93. The minimum absolute atomic E-state index is 0.0669. The van der Waals surface area contributed by atoms with E-state index in [9.17, 15) is 22.4 Å². The number of benzene rings is 2. The van der Waals surface area contributed by atoms with Gasteiger partial charge < -0.3 is 14.6 Å². The summed E-state index contributed by atoms with van der Waals surface area (Å²) in [6.07, 6.45) is 0.864. The lowest BCUT2D eigenvalue weighted by Gasteiger charge is -2.21. The highest BCUT2D eigenvalue weighted by Crippen LogP contribution is 2.27. The monoisotopic (exact) mass is 534 g/mol. The van der Waals surface area contributed by atoms with E-state index < -0.39 is 27.8 Å². The van der Waals surface area contributed by atoms with Crippen LogP contribution in [0.2, 0.25) is 0 Å². The lowest BCUT2D eigenvalue weighted by molar-refractivity contribution is -0.121. The second kappa shape index (κ2) is 11.0. The fourth-order valence-corrected chi connectivity index (χ4v) is 6.89. The molecule has 4 rings (SSSR count). The molecular formula is C24H27FN4O5S2. The summed E-state index contributed by atoms with van der Waals surface area (Å²) in [5.74, 6) is -1.29. The third kappa shape index (κ3) is 5.56. The van der Waals surface area contributed by atoms with Gasteiger partial charge in [-0.25, -0.2) is 12.8 Å². The highest BCUT2D eigenvalue weighted by molar-refractivity contribution is 7.89. The summed E-state index contributed by atoms with van der Waals surface area (Å²) < 4.78 is 49.0. The molecule has 1 aliphatic heterocycles. The van der Waals surface area contributed by atoms with E-state index in [2.05, 4.69) is 10.3 Å². The Morgan fingerprint density at radius 1 is 1.22 bits per heavy atom. The highest BCUT2D eigenvalue weighted by atomic mass is 32.2. The van der Waals surface area contributed by atoms with Crippen molar-refractivity contribution in [1.29, 1.82) is 0 Å². The molecule has 0 spiro atoms. The summed E-state index contributed by atoms with van der Waals surface area (Å²) in [5.41, 5.74) is 1.45. The molecule has 3 aromatic rings. The Kier molecular flexibility index (Phi) is 7.98. The van der Waals surface area contributed by atoms with Crippen molar-refractivity contribution in [2.75, 3.05) is 25.1 Å². The van der Waals surface area contributed by atoms with Crippen LogP contribution in [0.3, 0.4) is 0 Å². The number of hydrogen-bond acceptors (Lipinski definition) is 6. The van der Waals surface area contributed by atoms with Crippen LogP contribution in [0, 0.1) is 5.82 Å². The van der Waals surface area contributed by atoms with Gasteiger partial charge in [-0.1, -0.05) is 11.3 Å². The van der Waals surface area contributed by atoms with E-state index in [0.29, 0.717) is 43.1 Å². The fourth-order valence-electron chi connectivity index (χ4n) is 4.14. The van der Waals surface area contributed by atoms with Crippen molar-refractivity contribution < 1.29 is 27.1 Å². The Bertz CT molecular complexity index is 1450. The molecule has 36 heavy (non-hydrogen) atoms. The minimum Gasteiger partial charge on any atom is -0.380 e. The van der Waals surface area contributed by atoms with Crippen LogP contribution in [0.25, 0.3) is 10.2 Å². The lowest BCUT2D eigenvalue weighted by atomic mass is 10.2. The number of fused-ring (bicyclic) bond motifs is 1. The first-order valence-corrected chi connectivity index (χ1v) is 13.8. The van der Waals surface area contributed by atoms with Crippen LogP contribution in [-0.2, 0) is 30.9 Å². The van der Waals surface area contributed by atoms with Crippen LogP contribution in [-0.4, -0.2) is 54.9 Å². The van der Waals surface area contributed by atoms with Gasteiger partial charge in [0.2, 0.25) is 15.9 Å². The molecule has 1 fully saturated rings. The number of halogens is 1. The normalized spacial score (nSPS) is 17.1. The number of hydrogen-bond donors (Lipinski definition) is 1. The summed E-state index contributed by atoms with van der Waals surface area (Å²) >= 11 is 1.28. The van der Waals surface area contributed by atoms with Crippen molar-refractivity contribution in [2.45, 2.75) is 44.2 Å². The number of rotatable bonds is 8. The van der Waals surface area contributed by atoms with Crippen molar-refractivity contribution in [3.8, 4) is 0 Å². The molecule has 1 N–H and O–H groups in total. The second-order valence-corrected chi connectivity index (χ2v) is 11.2. The molecule has 1 aromatic heterocycles. The summed E-state index contributed by atoms with van der Waals surface area (Å²) in [6, 6.07) is 9.03. The molecule has 1 atom stereocenters. The third-order valence-electron chi connectivity index (χ3n) is 5.78. The Balaban J connectivity index is 1.70. The molecular weight excluding hydrogens is 507 g/mol. The van der Waals surface area contributed by atoms with Crippen molar-refractivity contribution >= 4 is 49.1 Å². The maximum atomic E-state index is 13.3. The van der Waals surface area contributed by atoms with Gasteiger partial charge in [-0.2, -0.15) is 9.30 Å². The molecule has 0 saturated carbocycles. The number of nitrogens with one attached hydrogen (secondary N) is 1. The molecule has 1 unspecified atom stereocenters. The Morgan fingerprint density at radius 3 is 2.67 bits per heavy atom. The Morgan fingerprint density at radius 2 is 1.97 bits per heavy atom. The van der Waals surface area contributed by atoms with Gasteiger partial charge in [-0.15, -0.1) is 0 Å². The van der Waals surface area contributed by atoms with Crippen molar-refractivity contribution in [3.63, 3.8) is 0 Å². The number of thiazole rings is 1. The van der Waals surface area contributed by atoms with Crippen molar-refractivity contribution in [2.24, 2.45) is 4.99 Å². The number of carbonyl (C=O) groups excluding carboxylic acids is 2. The number of anilines is 1. The van der Waals surface area contributed by atoms with Crippen molar-refractivity contribution in [1.82, 2.24) is 8.87 Å². The van der Waals surface area contributed by atoms with Crippen molar-refractivity contribution in [3.05, 3.63) is 53.1 Å². The van der Waals surface area contributed by atoms with E-state index in [4.69, 9.17) is 4.74 Å². The highest BCUT2D eigenvalue weighted by Gasteiger charge is 2.39. The summed E-state index contributed by atoms with van der Waals surface area (Å²) in [7, 11) is -3.99. The first-order chi connectivity index (χ1) is 17.2. The predicted octanol–water partition coefficient (Wildman–Crippen LogP) is 3.12. The first-order valence-electron chi connectivity index (χ1n) is 11.6. The van der Waals surface area contributed by atoms with Gasteiger partial charge in [-0.05, 0) is 62.2 Å². The number of sulfonamides is 1. The lowest BCUT2D eigenvalue weighted by Crippen LogP contribution is -2.40. The topological polar surface area (TPSA) is 110 Å². The van der Waals surface area contributed by atoms with Gasteiger partial charge in [0.25, 0.3) is 5.91 Å². The van der Waals surface area contributed by atoms with E-state index in [0.717, 1.165) is 26.7 Å². The summed E-state index contributed by atoms with van der Waals surface area (Å²) in [5, 5.41) is 2.74. The van der Waals surface area contributed by atoms with E-state index in [1.807, 2.05) is 23.6 Å². The van der Waals surface area contributed by atoms with Crippen LogP contribution in [0.4, 0.5) is 10.1 Å². The number of nitrogens with zero attached hydrogens (tertiary/aromatic N) is 3. The molecule has 9 nitrogen and oxygen atoms in total. The standard InChI is InChI=1S/C24H27FN4O5S2/c1-3-34-14-13-28-20-11-8-18(26-16(2)30)15-22(20)35-24(28)27-23(31)21-5-4-12-29(21)36(32,33)19-9-6-17(25)7-10-19/h6-11,15,21H,3-5,12-14H2,1-2H3,(H,26,30). The van der Waals surface area contributed by atoms with E-state index >= 15 is 0 Å². The first kappa shape index (κ1) is 26.1. The maximum absolute atomic E-state index is 13.3. The molecule has 0 radical (unpaired) electrons. The van der Waals surface area contributed by atoms with E-state index in [-0.39, 0.29) is 17.3 Å². The molecule has 2 amide bonds. The predicted molar refractivity (Wildman–Crippen MR) is 134 cm³/mol. The molecule has 12 heteroatoms. The Labute approximate surface area is 212 Å². The van der Waals surface area contributed by atoms with Gasteiger partial charge in [0.05, 0.1) is 21.7 Å². The van der Waals surface area contributed by atoms with Gasteiger partial charge in [0.1, 0.15) is 11.9 Å². The number of amides is 2. The van der Waals surface area contributed by atoms with Gasteiger partial charge in [0.15, 0.2) is 4.80 Å². The van der Waals surface area contributed by atoms with Crippen LogP contribution in [0.5, 0.6) is 0 Å². The largest absolute Gasteiger partial charge is 0.380 e. The number of ether oxygens (including phenoxy) is 1. The van der Waals surface area contributed by atoms with Gasteiger partial charge in [0, 0.05) is 32.3 Å². The third-order valence-corrected chi connectivity index (χ3v) is 8.74.